The van der Waals surface area contributed by atoms with Crippen LogP contribution in [0.1, 0.15) is 31.5 Å². The lowest BCUT2D eigenvalue weighted by molar-refractivity contribution is 0.110. The summed E-state index contributed by atoms with van der Waals surface area (Å²) in [6, 6.07) is 13.3. The fraction of sp³-hybridized carbons (Fsp3) is 0.417. The molecule has 0 spiro atoms. The molecule has 2 fully saturated rings. The summed E-state index contributed by atoms with van der Waals surface area (Å²) in [5.74, 6) is 0.535. The average molecular weight is 438 g/mol. The van der Waals surface area contributed by atoms with E-state index in [2.05, 4.69) is 35.7 Å². The molecule has 1 aromatic heterocycles. The maximum absolute atomic E-state index is 12.5. The zero-order valence-electron chi connectivity index (χ0n) is 17.6. The van der Waals surface area contributed by atoms with Crippen molar-refractivity contribution in [1.82, 2.24) is 9.71 Å². The van der Waals surface area contributed by atoms with Gasteiger partial charge in [-0.25, -0.2) is 13.1 Å². The Morgan fingerprint density at radius 1 is 1.26 bits per heavy atom. The number of rotatable bonds is 4. The van der Waals surface area contributed by atoms with Gasteiger partial charge in [0.05, 0.1) is 23.9 Å². The maximum Gasteiger partial charge on any atom is 0.217 e. The maximum atomic E-state index is 12.5. The van der Waals surface area contributed by atoms with Crippen molar-refractivity contribution < 1.29 is 13.5 Å². The van der Waals surface area contributed by atoms with Gasteiger partial charge in [-0.05, 0) is 42.4 Å². The Morgan fingerprint density at radius 3 is 2.71 bits per heavy atom. The Labute approximate surface area is 183 Å². The van der Waals surface area contributed by atoms with Crippen LogP contribution in [0.5, 0.6) is 0 Å². The van der Waals surface area contributed by atoms with Crippen molar-refractivity contribution in [1.29, 1.82) is 5.26 Å². The van der Waals surface area contributed by atoms with E-state index in [0.717, 1.165) is 23.2 Å². The van der Waals surface area contributed by atoms with E-state index >= 15 is 0 Å². The van der Waals surface area contributed by atoms with Crippen LogP contribution in [0.4, 0.5) is 0 Å². The van der Waals surface area contributed by atoms with E-state index in [1.54, 1.807) is 12.3 Å². The number of allylic oxidation sites excluding steroid dienone is 1. The number of sulfonamides is 1. The molecule has 1 saturated carbocycles. The summed E-state index contributed by atoms with van der Waals surface area (Å²) in [5, 5.41) is 18.3. The Hall–Kier alpha value is -2.53. The molecule has 2 aromatic rings. The first kappa shape index (κ1) is 21.7. The summed E-state index contributed by atoms with van der Waals surface area (Å²) in [6.45, 7) is 3.94. The highest BCUT2D eigenvalue weighted by atomic mass is 32.2. The molecule has 0 amide bonds. The van der Waals surface area contributed by atoms with Gasteiger partial charge in [-0.15, -0.1) is 0 Å². The molecule has 2 aliphatic rings. The molecule has 31 heavy (non-hydrogen) atoms. The number of benzene rings is 1. The monoisotopic (exact) mass is 437 g/mol. The normalized spacial score (nSPS) is 31.9. The van der Waals surface area contributed by atoms with Crippen LogP contribution in [0.15, 0.2) is 48.7 Å². The molecular weight excluding hydrogens is 410 g/mol. The first-order valence-electron chi connectivity index (χ1n) is 10.6. The quantitative estimate of drug-likeness (QED) is 0.765. The molecule has 1 aromatic carbocycles. The summed E-state index contributed by atoms with van der Waals surface area (Å²) in [6.07, 6.45) is 6.55. The van der Waals surface area contributed by atoms with E-state index in [1.807, 2.05) is 36.4 Å². The SMILES string of the molecule is C[C@H]1[C@H](/C=C/c2ccc(-c3ccccc3C#N)cn2)[C@@H]2[C@@H](CO)S(=O)(=O)N[C@@H]2C[C@@H]1C. The zero-order chi connectivity index (χ0) is 22.2. The van der Waals surface area contributed by atoms with Gasteiger partial charge in [0.2, 0.25) is 10.0 Å². The van der Waals surface area contributed by atoms with E-state index in [-0.39, 0.29) is 24.5 Å². The number of hydrogen-bond donors (Lipinski definition) is 2. The number of fused-ring (bicyclic) bond motifs is 1. The summed E-state index contributed by atoms with van der Waals surface area (Å²) >= 11 is 0. The van der Waals surface area contributed by atoms with Crippen LogP contribution >= 0.6 is 0 Å². The molecule has 1 saturated heterocycles. The van der Waals surface area contributed by atoms with Gasteiger partial charge in [-0.2, -0.15) is 5.26 Å². The largest absolute Gasteiger partial charge is 0.395 e. The molecule has 4 rings (SSSR count). The Bertz CT molecular complexity index is 1120. The van der Waals surface area contributed by atoms with Crippen LogP contribution < -0.4 is 4.72 Å². The number of nitriles is 1. The lowest BCUT2D eigenvalue weighted by atomic mass is 9.64. The third kappa shape index (κ3) is 4.03. The smallest absolute Gasteiger partial charge is 0.217 e. The van der Waals surface area contributed by atoms with Gasteiger partial charge in [0.25, 0.3) is 0 Å². The molecule has 1 aliphatic heterocycles. The standard InChI is InChI=1S/C24H27N3O3S/c1-15-11-22-24(23(14-28)31(29,30)27-22)20(16(15)2)10-9-19-8-7-18(13-26-19)21-6-4-3-5-17(21)12-25/h3-10,13,15-16,20,22-24,27-28H,11,14H2,1-2H3/b10-9+/t15-,16+,20-,22+,23+,24-/m0/s1. The van der Waals surface area contributed by atoms with E-state index in [0.29, 0.717) is 17.4 Å². The molecule has 2 N–H and O–H groups in total. The number of nitrogens with one attached hydrogen (secondary N) is 1. The molecule has 2 heterocycles. The molecule has 0 bridgehead atoms. The first-order valence-corrected chi connectivity index (χ1v) is 12.2. The molecule has 6 nitrogen and oxygen atoms in total. The fourth-order valence-electron chi connectivity index (χ4n) is 5.14. The Balaban J connectivity index is 1.60. The topological polar surface area (TPSA) is 103 Å². The number of aliphatic hydroxyl groups is 1. The highest BCUT2D eigenvalue weighted by molar-refractivity contribution is 7.90. The molecular formula is C24H27N3O3S. The summed E-state index contributed by atoms with van der Waals surface area (Å²) in [4.78, 5) is 4.53. The number of hydrogen-bond acceptors (Lipinski definition) is 5. The van der Waals surface area contributed by atoms with Crippen LogP contribution in [0.2, 0.25) is 0 Å². The second kappa shape index (κ2) is 8.54. The second-order valence-corrected chi connectivity index (χ2v) is 10.6. The van der Waals surface area contributed by atoms with Crippen molar-refractivity contribution in [2.24, 2.45) is 23.7 Å². The van der Waals surface area contributed by atoms with E-state index < -0.39 is 15.3 Å². The predicted molar refractivity (Wildman–Crippen MR) is 120 cm³/mol. The van der Waals surface area contributed by atoms with Crippen molar-refractivity contribution in [2.75, 3.05) is 6.61 Å². The van der Waals surface area contributed by atoms with Crippen LogP contribution in [-0.2, 0) is 10.0 Å². The van der Waals surface area contributed by atoms with Crippen LogP contribution in [0.25, 0.3) is 17.2 Å². The zero-order valence-corrected chi connectivity index (χ0v) is 18.5. The van der Waals surface area contributed by atoms with Gasteiger partial charge >= 0.3 is 0 Å². The van der Waals surface area contributed by atoms with Gasteiger partial charge in [0, 0.05) is 29.3 Å². The van der Waals surface area contributed by atoms with Gasteiger partial charge in [-0.1, -0.05) is 44.2 Å². The minimum Gasteiger partial charge on any atom is -0.395 e. The van der Waals surface area contributed by atoms with Crippen molar-refractivity contribution in [2.45, 2.75) is 31.6 Å². The highest BCUT2D eigenvalue weighted by Gasteiger charge is 2.53. The molecule has 0 unspecified atom stereocenters. The van der Waals surface area contributed by atoms with E-state index in [9.17, 15) is 18.8 Å². The third-order valence-electron chi connectivity index (χ3n) is 7.00. The first-order chi connectivity index (χ1) is 14.9. The van der Waals surface area contributed by atoms with Crippen LogP contribution in [-0.4, -0.2) is 36.4 Å². The molecule has 6 atom stereocenters. The molecule has 7 heteroatoms. The van der Waals surface area contributed by atoms with Crippen molar-refractivity contribution >= 4 is 16.1 Å². The minimum atomic E-state index is -3.50. The van der Waals surface area contributed by atoms with Gasteiger partial charge in [0.1, 0.15) is 5.25 Å². The summed E-state index contributed by atoms with van der Waals surface area (Å²) in [5.41, 5.74) is 3.10. The lowest BCUT2D eigenvalue weighted by Gasteiger charge is -2.41. The predicted octanol–water partition coefficient (Wildman–Crippen LogP) is 3.20. The Morgan fingerprint density at radius 2 is 2.03 bits per heavy atom. The van der Waals surface area contributed by atoms with E-state index in [4.69, 9.17) is 0 Å². The van der Waals surface area contributed by atoms with Gasteiger partial charge in [0.15, 0.2) is 0 Å². The van der Waals surface area contributed by atoms with E-state index in [1.165, 1.54) is 0 Å². The minimum absolute atomic E-state index is 0.0245. The Kier molecular flexibility index (Phi) is 5.98. The highest BCUT2D eigenvalue weighted by Crippen LogP contribution is 2.46. The number of aliphatic hydroxyl groups excluding tert-OH is 1. The van der Waals surface area contributed by atoms with Crippen molar-refractivity contribution in [3.05, 3.63) is 59.9 Å². The van der Waals surface area contributed by atoms with Crippen LogP contribution in [0.3, 0.4) is 0 Å². The summed E-state index contributed by atoms with van der Waals surface area (Å²) in [7, 11) is -3.50. The number of nitrogens with zero attached hydrogens (tertiary/aromatic N) is 2. The van der Waals surface area contributed by atoms with Crippen LogP contribution in [0, 0.1) is 35.0 Å². The van der Waals surface area contributed by atoms with Crippen molar-refractivity contribution in [3.8, 4) is 17.2 Å². The number of pyridine rings is 1. The van der Waals surface area contributed by atoms with Crippen molar-refractivity contribution in [3.63, 3.8) is 0 Å². The second-order valence-electron chi connectivity index (χ2n) is 8.71. The molecule has 0 radical (unpaired) electrons. The molecule has 162 valence electrons. The average Bonchev–Trinajstić information content (AvgIpc) is 3.03. The summed E-state index contributed by atoms with van der Waals surface area (Å²) < 4.78 is 27.8. The lowest BCUT2D eigenvalue weighted by Crippen LogP contribution is -2.44. The van der Waals surface area contributed by atoms with Gasteiger partial charge < -0.3 is 5.11 Å². The fourth-order valence-corrected chi connectivity index (χ4v) is 6.97. The third-order valence-corrected chi connectivity index (χ3v) is 8.89. The van der Waals surface area contributed by atoms with Gasteiger partial charge in [-0.3, -0.25) is 4.98 Å². The number of aromatic nitrogens is 1. The molecule has 1 aliphatic carbocycles.